The summed E-state index contributed by atoms with van der Waals surface area (Å²) in [4.78, 5) is 7.08. The highest BCUT2D eigenvalue weighted by Crippen LogP contribution is 2.46. The molecule has 4 heterocycles. The van der Waals surface area contributed by atoms with Gasteiger partial charge in [-0.1, -0.05) is 12.1 Å². The fourth-order valence-corrected chi connectivity index (χ4v) is 6.52. The van der Waals surface area contributed by atoms with Crippen LogP contribution in [0.5, 0.6) is 0 Å². The first-order valence-corrected chi connectivity index (χ1v) is 10.6. The Hall–Kier alpha value is -2.51. The molecule has 0 N–H and O–H groups in total. The lowest BCUT2D eigenvalue weighted by Gasteiger charge is -2.17. The predicted molar refractivity (Wildman–Crippen MR) is 102 cm³/mol. The molecule has 1 aromatic carbocycles. The van der Waals surface area contributed by atoms with Crippen LogP contribution in [-0.4, -0.2) is 46.4 Å². The van der Waals surface area contributed by atoms with E-state index in [4.69, 9.17) is 0 Å². The molecule has 5 rings (SSSR count). The zero-order valence-corrected chi connectivity index (χ0v) is 15.8. The van der Waals surface area contributed by atoms with E-state index in [1.165, 1.54) is 0 Å². The van der Waals surface area contributed by atoms with Gasteiger partial charge in [0, 0.05) is 50.6 Å². The number of rotatable bonds is 3. The fourth-order valence-electron chi connectivity index (χ4n) is 4.33. The summed E-state index contributed by atoms with van der Waals surface area (Å²) in [5, 5.41) is 3.86. The Bertz CT molecular complexity index is 1110. The number of nitrogens with zero attached hydrogens (tertiary/aromatic N) is 4. The zero-order valence-electron chi connectivity index (χ0n) is 15.0. The van der Waals surface area contributed by atoms with Crippen LogP contribution in [0.2, 0.25) is 0 Å². The van der Waals surface area contributed by atoms with Crippen molar-refractivity contribution in [1.82, 2.24) is 19.7 Å². The van der Waals surface area contributed by atoms with Gasteiger partial charge in [-0.3, -0.25) is 14.6 Å². The molecule has 0 spiro atoms. The highest BCUT2D eigenvalue weighted by molar-refractivity contribution is 7.92. The molecule has 1 saturated heterocycles. The van der Waals surface area contributed by atoms with Crippen molar-refractivity contribution in [2.24, 2.45) is 7.05 Å². The lowest BCUT2D eigenvalue weighted by Crippen LogP contribution is -2.26. The minimum absolute atomic E-state index is 0.0188. The molecule has 138 valence electrons. The SMILES string of the molecule is Cn1cc(-c2ccc3c(c2)C2CN(Cc4ccccn4)CC2S3(=O)=O)cn1. The van der Waals surface area contributed by atoms with Crippen molar-refractivity contribution >= 4 is 9.84 Å². The molecule has 0 radical (unpaired) electrons. The molecular weight excluding hydrogens is 360 g/mol. The molecule has 2 aliphatic heterocycles. The van der Waals surface area contributed by atoms with Crippen LogP contribution in [-0.2, 0) is 23.4 Å². The first kappa shape index (κ1) is 16.6. The second-order valence-corrected chi connectivity index (χ2v) is 9.50. The van der Waals surface area contributed by atoms with E-state index in [2.05, 4.69) is 15.0 Å². The van der Waals surface area contributed by atoms with Crippen LogP contribution in [0.4, 0.5) is 0 Å². The van der Waals surface area contributed by atoms with Crippen LogP contribution in [0.25, 0.3) is 11.1 Å². The summed E-state index contributed by atoms with van der Waals surface area (Å²) >= 11 is 0. The first-order valence-electron chi connectivity index (χ1n) is 9.01. The summed E-state index contributed by atoms with van der Waals surface area (Å²) in [6.45, 7) is 1.98. The van der Waals surface area contributed by atoms with Gasteiger partial charge >= 0.3 is 0 Å². The van der Waals surface area contributed by atoms with Gasteiger partial charge in [0.15, 0.2) is 9.84 Å². The van der Waals surface area contributed by atoms with Crippen molar-refractivity contribution in [2.45, 2.75) is 22.6 Å². The van der Waals surface area contributed by atoms with Crippen molar-refractivity contribution in [3.8, 4) is 11.1 Å². The number of hydrogen-bond donors (Lipinski definition) is 0. The van der Waals surface area contributed by atoms with E-state index in [0.29, 0.717) is 18.0 Å². The second kappa shape index (κ2) is 6.00. The van der Waals surface area contributed by atoms with Crippen molar-refractivity contribution in [3.63, 3.8) is 0 Å². The molecule has 7 heteroatoms. The summed E-state index contributed by atoms with van der Waals surface area (Å²) < 4.78 is 27.9. The molecular formula is C20H20N4O2S. The van der Waals surface area contributed by atoms with E-state index in [0.717, 1.165) is 28.9 Å². The largest absolute Gasteiger partial charge is 0.296 e. The van der Waals surface area contributed by atoms with Gasteiger partial charge in [0.25, 0.3) is 0 Å². The Morgan fingerprint density at radius 1 is 1.15 bits per heavy atom. The summed E-state index contributed by atoms with van der Waals surface area (Å²) in [5.41, 5.74) is 3.94. The maximum Gasteiger partial charge on any atom is 0.183 e. The van der Waals surface area contributed by atoms with Crippen molar-refractivity contribution in [3.05, 3.63) is 66.2 Å². The molecule has 27 heavy (non-hydrogen) atoms. The van der Waals surface area contributed by atoms with Crippen LogP contribution in [0, 0.1) is 0 Å². The number of aryl methyl sites for hydroxylation is 1. The van der Waals surface area contributed by atoms with Gasteiger partial charge < -0.3 is 0 Å². The topological polar surface area (TPSA) is 68.1 Å². The van der Waals surface area contributed by atoms with Crippen LogP contribution >= 0.6 is 0 Å². The molecule has 2 atom stereocenters. The summed E-state index contributed by atoms with van der Waals surface area (Å²) in [6.07, 6.45) is 5.54. The molecule has 1 fully saturated rings. The summed E-state index contributed by atoms with van der Waals surface area (Å²) in [5.74, 6) is 0.0188. The molecule has 0 aliphatic carbocycles. The van der Waals surface area contributed by atoms with Crippen molar-refractivity contribution in [1.29, 1.82) is 0 Å². The van der Waals surface area contributed by atoms with E-state index in [1.807, 2.05) is 49.8 Å². The minimum atomic E-state index is -3.28. The average Bonchev–Trinajstić information content (AvgIpc) is 3.33. The van der Waals surface area contributed by atoms with Crippen LogP contribution < -0.4 is 0 Å². The third-order valence-corrected chi connectivity index (χ3v) is 7.87. The maximum absolute atomic E-state index is 13.1. The van der Waals surface area contributed by atoms with E-state index in [-0.39, 0.29) is 11.2 Å². The normalized spacial score (nSPS) is 23.3. The lowest BCUT2D eigenvalue weighted by molar-refractivity contribution is 0.321. The molecule has 2 unspecified atom stereocenters. The van der Waals surface area contributed by atoms with Gasteiger partial charge in [0.2, 0.25) is 0 Å². The average molecular weight is 380 g/mol. The number of hydrogen-bond acceptors (Lipinski definition) is 5. The number of benzene rings is 1. The smallest absolute Gasteiger partial charge is 0.183 e. The summed E-state index contributed by atoms with van der Waals surface area (Å²) in [6, 6.07) is 11.5. The highest BCUT2D eigenvalue weighted by atomic mass is 32.2. The third-order valence-electron chi connectivity index (χ3n) is 5.61. The molecule has 6 nitrogen and oxygen atoms in total. The Labute approximate surface area is 158 Å². The lowest BCUT2D eigenvalue weighted by atomic mass is 9.95. The van der Waals surface area contributed by atoms with Crippen molar-refractivity contribution < 1.29 is 8.42 Å². The summed E-state index contributed by atoms with van der Waals surface area (Å²) in [7, 11) is -1.41. The van der Waals surface area contributed by atoms with Crippen molar-refractivity contribution in [2.75, 3.05) is 13.1 Å². The molecule has 0 bridgehead atoms. The van der Waals surface area contributed by atoms with E-state index < -0.39 is 9.84 Å². The van der Waals surface area contributed by atoms with Crippen LogP contribution in [0.15, 0.2) is 59.9 Å². The number of pyridine rings is 1. The number of fused-ring (bicyclic) bond motifs is 3. The van der Waals surface area contributed by atoms with Crippen LogP contribution in [0.1, 0.15) is 17.2 Å². The number of likely N-dealkylation sites (tertiary alicyclic amines) is 1. The molecule has 3 aromatic rings. The quantitative estimate of drug-likeness (QED) is 0.697. The predicted octanol–water partition coefficient (Wildman–Crippen LogP) is 2.24. The minimum Gasteiger partial charge on any atom is -0.296 e. The van der Waals surface area contributed by atoms with Gasteiger partial charge in [-0.15, -0.1) is 0 Å². The van der Waals surface area contributed by atoms with E-state index in [1.54, 1.807) is 16.9 Å². The van der Waals surface area contributed by atoms with Gasteiger partial charge in [0.1, 0.15) is 0 Å². The second-order valence-electron chi connectivity index (χ2n) is 7.36. The number of sulfone groups is 1. The van der Waals surface area contributed by atoms with Gasteiger partial charge in [-0.05, 0) is 35.4 Å². The first-order chi connectivity index (χ1) is 13.0. The monoisotopic (exact) mass is 380 g/mol. The molecule has 2 aromatic heterocycles. The fraction of sp³-hybridized carbons (Fsp3) is 0.300. The van der Waals surface area contributed by atoms with Gasteiger partial charge in [-0.2, -0.15) is 5.10 Å². The third kappa shape index (κ3) is 2.69. The Balaban J connectivity index is 1.48. The van der Waals surface area contributed by atoms with Gasteiger partial charge in [0.05, 0.1) is 22.0 Å². The van der Waals surface area contributed by atoms with Crippen LogP contribution in [0.3, 0.4) is 0 Å². The standard InChI is InChI=1S/C20H20N4O2S/c1-23-10-15(9-22-23)14-5-6-19-17(8-14)18-12-24(13-20(18)27(19,25)26)11-16-4-2-3-7-21-16/h2-10,18,20H,11-13H2,1H3. The Morgan fingerprint density at radius 3 is 2.78 bits per heavy atom. The zero-order chi connectivity index (χ0) is 18.6. The maximum atomic E-state index is 13.1. The Morgan fingerprint density at radius 2 is 2.04 bits per heavy atom. The Kier molecular flexibility index (Phi) is 3.70. The number of aromatic nitrogens is 3. The van der Waals surface area contributed by atoms with E-state index >= 15 is 0 Å². The molecule has 0 amide bonds. The van der Waals surface area contributed by atoms with Gasteiger partial charge in [-0.25, -0.2) is 8.42 Å². The highest BCUT2D eigenvalue weighted by Gasteiger charge is 2.50. The van der Waals surface area contributed by atoms with E-state index in [9.17, 15) is 8.42 Å². The molecule has 0 saturated carbocycles. The molecule has 2 aliphatic rings.